The number of nitrogens with zero attached hydrogens (tertiary/aromatic N) is 1. The summed E-state index contributed by atoms with van der Waals surface area (Å²) in [6.45, 7) is 3.63. The topological polar surface area (TPSA) is 70.7 Å². The van der Waals surface area contributed by atoms with E-state index in [1.54, 1.807) is 18.9 Å². The minimum Gasteiger partial charge on any atom is -0.496 e. The van der Waals surface area contributed by atoms with Crippen LogP contribution in [0.3, 0.4) is 0 Å². The van der Waals surface area contributed by atoms with Gasteiger partial charge in [-0.05, 0) is 25.8 Å². The number of likely N-dealkylation sites (tertiary alicyclic amines) is 1. The van der Waals surface area contributed by atoms with Crippen molar-refractivity contribution in [2.24, 2.45) is 0 Å². The molecule has 1 atom stereocenters. The van der Waals surface area contributed by atoms with Crippen molar-refractivity contribution in [2.45, 2.75) is 32.4 Å². The summed E-state index contributed by atoms with van der Waals surface area (Å²) in [6.07, 6.45) is 2.08. The third-order valence-electron chi connectivity index (χ3n) is 3.77. The van der Waals surface area contributed by atoms with Gasteiger partial charge in [-0.25, -0.2) is 4.79 Å². The fourth-order valence-electron chi connectivity index (χ4n) is 2.55. The van der Waals surface area contributed by atoms with Crippen LogP contribution in [0.4, 0.5) is 4.79 Å². The molecular formula is C16H23N3O3. The molecule has 1 fully saturated rings. The van der Waals surface area contributed by atoms with Gasteiger partial charge in [-0.2, -0.15) is 0 Å². The molecule has 0 aromatic heterocycles. The van der Waals surface area contributed by atoms with Gasteiger partial charge >= 0.3 is 6.03 Å². The average molecular weight is 305 g/mol. The number of urea groups is 1. The summed E-state index contributed by atoms with van der Waals surface area (Å²) in [7, 11) is 1.59. The Labute approximate surface area is 130 Å². The summed E-state index contributed by atoms with van der Waals surface area (Å²) >= 11 is 0. The highest BCUT2D eigenvalue weighted by molar-refractivity contribution is 5.86. The van der Waals surface area contributed by atoms with E-state index in [1.165, 1.54) is 0 Å². The van der Waals surface area contributed by atoms with Gasteiger partial charge in [0.1, 0.15) is 11.8 Å². The van der Waals surface area contributed by atoms with Crippen LogP contribution in [0.25, 0.3) is 0 Å². The quantitative estimate of drug-likeness (QED) is 0.866. The molecule has 0 saturated carbocycles. The standard InChI is InChI=1S/C16H23N3O3/c1-12(15(20)19-9-5-6-10-19)18-16(21)17-11-13-7-3-4-8-14(13)22-2/h3-4,7-8,12H,5-6,9-11H2,1-2H3,(H2,17,18,21). The summed E-state index contributed by atoms with van der Waals surface area (Å²) in [5.74, 6) is 0.703. The van der Waals surface area contributed by atoms with E-state index < -0.39 is 6.04 Å². The Kier molecular flexibility index (Phi) is 5.63. The summed E-state index contributed by atoms with van der Waals surface area (Å²) in [5.41, 5.74) is 0.888. The van der Waals surface area contributed by atoms with Crippen LogP contribution in [0.1, 0.15) is 25.3 Å². The van der Waals surface area contributed by atoms with Gasteiger partial charge in [0, 0.05) is 25.2 Å². The molecule has 2 N–H and O–H groups in total. The van der Waals surface area contributed by atoms with Crippen LogP contribution in [0, 0.1) is 0 Å². The van der Waals surface area contributed by atoms with Crippen LogP contribution in [-0.2, 0) is 11.3 Å². The number of benzene rings is 1. The Hall–Kier alpha value is -2.24. The third-order valence-corrected chi connectivity index (χ3v) is 3.77. The summed E-state index contributed by atoms with van der Waals surface area (Å²) < 4.78 is 5.23. The van der Waals surface area contributed by atoms with Crippen LogP contribution in [0.2, 0.25) is 0 Å². The lowest BCUT2D eigenvalue weighted by Gasteiger charge is -2.21. The number of hydrogen-bond acceptors (Lipinski definition) is 3. The molecule has 1 aliphatic rings. The van der Waals surface area contributed by atoms with E-state index in [9.17, 15) is 9.59 Å². The van der Waals surface area contributed by atoms with Crippen molar-refractivity contribution in [2.75, 3.05) is 20.2 Å². The van der Waals surface area contributed by atoms with Gasteiger partial charge in [-0.1, -0.05) is 18.2 Å². The minimum atomic E-state index is -0.518. The molecule has 3 amide bonds. The zero-order chi connectivity index (χ0) is 15.9. The molecule has 0 aliphatic carbocycles. The molecule has 1 saturated heterocycles. The molecule has 120 valence electrons. The van der Waals surface area contributed by atoms with E-state index in [0.717, 1.165) is 37.2 Å². The molecule has 1 unspecified atom stereocenters. The number of para-hydroxylation sites is 1. The van der Waals surface area contributed by atoms with Crippen molar-refractivity contribution < 1.29 is 14.3 Å². The van der Waals surface area contributed by atoms with Gasteiger partial charge in [0.05, 0.1) is 7.11 Å². The first-order chi connectivity index (χ1) is 10.6. The third kappa shape index (κ3) is 4.13. The predicted octanol–water partition coefficient (Wildman–Crippen LogP) is 1.51. The van der Waals surface area contributed by atoms with Crippen molar-refractivity contribution in [1.29, 1.82) is 0 Å². The van der Waals surface area contributed by atoms with Crippen molar-refractivity contribution in [3.63, 3.8) is 0 Å². The maximum atomic E-state index is 12.1. The van der Waals surface area contributed by atoms with E-state index in [-0.39, 0.29) is 11.9 Å². The Bertz CT molecular complexity index is 527. The highest BCUT2D eigenvalue weighted by atomic mass is 16.5. The predicted molar refractivity (Wildman–Crippen MR) is 83.6 cm³/mol. The number of ether oxygens (including phenoxy) is 1. The van der Waals surface area contributed by atoms with Crippen LogP contribution >= 0.6 is 0 Å². The zero-order valence-corrected chi connectivity index (χ0v) is 13.1. The summed E-state index contributed by atoms with van der Waals surface area (Å²) in [6, 6.07) is 6.62. The number of hydrogen-bond donors (Lipinski definition) is 2. The first-order valence-corrected chi connectivity index (χ1v) is 7.57. The van der Waals surface area contributed by atoms with Crippen LogP contribution in [-0.4, -0.2) is 43.1 Å². The first kappa shape index (κ1) is 16.1. The van der Waals surface area contributed by atoms with Crippen molar-refractivity contribution in [3.8, 4) is 5.75 Å². The Balaban J connectivity index is 1.81. The molecule has 1 aromatic carbocycles. The Morgan fingerprint density at radius 1 is 1.27 bits per heavy atom. The van der Waals surface area contributed by atoms with Gasteiger partial charge < -0.3 is 20.3 Å². The molecule has 0 spiro atoms. The number of nitrogens with one attached hydrogen (secondary N) is 2. The van der Waals surface area contributed by atoms with Crippen LogP contribution in [0.5, 0.6) is 5.75 Å². The normalized spacial score (nSPS) is 15.3. The molecule has 0 radical (unpaired) electrons. The van der Waals surface area contributed by atoms with Crippen LogP contribution < -0.4 is 15.4 Å². The maximum absolute atomic E-state index is 12.1. The molecule has 6 heteroatoms. The van der Waals surface area contributed by atoms with Crippen molar-refractivity contribution >= 4 is 11.9 Å². The second-order valence-corrected chi connectivity index (χ2v) is 5.39. The van der Waals surface area contributed by atoms with E-state index in [0.29, 0.717) is 6.54 Å². The second-order valence-electron chi connectivity index (χ2n) is 5.39. The van der Waals surface area contributed by atoms with E-state index in [2.05, 4.69) is 10.6 Å². The van der Waals surface area contributed by atoms with E-state index in [1.807, 2.05) is 24.3 Å². The monoisotopic (exact) mass is 305 g/mol. The molecule has 6 nitrogen and oxygen atoms in total. The van der Waals surface area contributed by atoms with Gasteiger partial charge in [0.2, 0.25) is 5.91 Å². The number of carbonyl (C=O) groups is 2. The Morgan fingerprint density at radius 2 is 1.95 bits per heavy atom. The lowest BCUT2D eigenvalue weighted by molar-refractivity contribution is -0.131. The zero-order valence-electron chi connectivity index (χ0n) is 13.1. The number of carbonyl (C=O) groups excluding carboxylic acids is 2. The molecule has 1 heterocycles. The Morgan fingerprint density at radius 3 is 2.64 bits per heavy atom. The molecule has 0 bridgehead atoms. The van der Waals surface area contributed by atoms with Gasteiger partial charge in [-0.15, -0.1) is 0 Å². The highest BCUT2D eigenvalue weighted by Crippen LogP contribution is 2.16. The van der Waals surface area contributed by atoms with E-state index in [4.69, 9.17) is 4.74 Å². The molecule has 1 aromatic rings. The van der Waals surface area contributed by atoms with Gasteiger partial charge in [0.25, 0.3) is 0 Å². The van der Waals surface area contributed by atoms with Crippen molar-refractivity contribution in [3.05, 3.63) is 29.8 Å². The maximum Gasteiger partial charge on any atom is 0.315 e. The molecular weight excluding hydrogens is 282 g/mol. The number of methoxy groups -OCH3 is 1. The lowest BCUT2D eigenvalue weighted by Crippen LogP contribution is -2.49. The molecule has 22 heavy (non-hydrogen) atoms. The number of rotatable bonds is 5. The summed E-state index contributed by atoms with van der Waals surface area (Å²) in [5, 5.41) is 5.43. The largest absolute Gasteiger partial charge is 0.496 e. The highest BCUT2D eigenvalue weighted by Gasteiger charge is 2.24. The van der Waals surface area contributed by atoms with Gasteiger partial charge in [-0.3, -0.25) is 4.79 Å². The average Bonchev–Trinajstić information content (AvgIpc) is 3.06. The molecule has 1 aliphatic heterocycles. The summed E-state index contributed by atoms with van der Waals surface area (Å²) in [4.78, 5) is 25.8. The fraction of sp³-hybridized carbons (Fsp3) is 0.500. The fourth-order valence-corrected chi connectivity index (χ4v) is 2.55. The number of amides is 3. The van der Waals surface area contributed by atoms with Crippen molar-refractivity contribution in [1.82, 2.24) is 15.5 Å². The molecule has 2 rings (SSSR count). The van der Waals surface area contributed by atoms with Crippen LogP contribution in [0.15, 0.2) is 24.3 Å². The lowest BCUT2D eigenvalue weighted by atomic mass is 10.2. The second kappa shape index (κ2) is 7.68. The minimum absolute atomic E-state index is 0.0232. The van der Waals surface area contributed by atoms with E-state index >= 15 is 0 Å². The SMILES string of the molecule is COc1ccccc1CNC(=O)NC(C)C(=O)N1CCCC1. The smallest absolute Gasteiger partial charge is 0.315 e. The van der Waals surface area contributed by atoms with Gasteiger partial charge in [0.15, 0.2) is 0 Å². The first-order valence-electron chi connectivity index (χ1n) is 7.57.